The van der Waals surface area contributed by atoms with Crippen molar-refractivity contribution in [1.82, 2.24) is 0 Å². The summed E-state index contributed by atoms with van der Waals surface area (Å²) >= 11 is 0. The molecule has 0 aliphatic heterocycles. The van der Waals surface area contributed by atoms with E-state index in [4.69, 9.17) is 27.4 Å². The van der Waals surface area contributed by atoms with Crippen molar-refractivity contribution in [2.45, 2.75) is 6.92 Å². The van der Waals surface area contributed by atoms with Gasteiger partial charge in [0.05, 0.1) is 0 Å². The zero-order valence-electron chi connectivity index (χ0n) is 4.85. The van der Waals surface area contributed by atoms with Crippen molar-refractivity contribution in [1.29, 1.82) is 0 Å². The van der Waals surface area contributed by atoms with Gasteiger partial charge in [-0.2, -0.15) is 8.42 Å². The molecule has 0 aliphatic carbocycles. The molecule has 0 aromatic carbocycles. The number of hydrogen-bond donors (Lipinski definition) is 3. The number of carboxylic acids is 1. The van der Waals surface area contributed by atoms with Crippen LogP contribution >= 0.6 is 0 Å². The predicted octanol–water partition coefficient (Wildman–Crippen LogP) is -0.564. The first-order chi connectivity index (χ1) is 3.73. The molecule has 1 radical (unpaired) electrons. The van der Waals surface area contributed by atoms with Gasteiger partial charge in [-0.05, 0) is 0 Å². The average Bonchev–Trinajstić information content (AvgIpc) is 1.19. The molecule has 6 nitrogen and oxygen atoms in total. The van der Waals surface area contributed by atoms with E-state index in [0.717, 1.165) is 6.92 Å². The van der Waals surface area contributed by atoms with Crippen LogP contribution in [0.3, 0.4) is 0 Å². The van der Waals surface area contributed by atoms with Crippen molar-refractivity contribution in [3.8, 4) is 0 Å². The number of rotatable bonds is 0. The predicted molar refractivity (Wildman–Crippen MR) is 27.5 cm³/mol. The van der Waals surface area contributed by atoms with E-state index in [2.05, 4.69) is 0 Å². The summed E-state index contributed by atoms with van der Waals surface area (Å²) in [5.41, 5.74) is 0. The van der Waals surface area contributed by atoms with Crippen molar-refractivity contribution >= 4 is 16.4 Å². The second-order valence-corrected chi connectivity index (χ2v) is 1.86. The Balaban J connectivity index is -0.0000000910. The molecule has 10 heavy (non-hydrogen) atoms. The van der Waals surface area contributed by atoms with Crippen molar-refractivity contribution in [3.63, 3.8) is 0 Å². The van der Waals surface area contributed by atoms with Gasteiger partial charge in [-0.3, -0.25) is 13.9 Å². The largest absolute Gasteiger partial charge is 0.481 e. The maximum Gasteiger partial charge on any atom is 0.394 e. The molecule has 0 bridgehead atoms. The van der Waals surface area contributed by atoms with Crippen LogP contribution in [0.25, 0.3) is 0 Å². The first kappa shape index (κ1) is 16.4. The molecule has 0 amide bonds. The summed E-state index contributed by atoms with van der Waals surface area (Å²) in [5.74, 6) is -0.833. The minimum Gasteiger partial charge on any atom is -0.481 e. The van der Waals surface area contributed by atoms with Crippen molar-refractivity contribution in [3.05, 3.63) is 0 Å². The fourth-order valence-electron chi connectivity index (χ4n) is 0. The monoisotopic (exact) mass is 213 g/mol. The van der Waals surface area contributed by atoms with Crippen molar-refractivity contribution in [2.75, 3.05) is 0 Å². The van der Waals surface area contributed by atoms with Gasteiger partial charge >= 0.3 is 10.4 Å². The van der Waals surface area contributed by atoms with E-state index < -0.39 is 16.4 Å². The second kappa shape index (κ2) is 6.97. The topological polar surface area (TPSA) is 112 Å². The van der Waals surface area contributed by atoms with Crippen LogP contribution in [-0.4, -0.2) is 28.6 Å². The molecule has 0 fully saturated rings. The maximum absolute atomic E-state index is 9.00. The standard InChI is InChI=1S/C2H4O2.Mn.H2O4S/c1-2(3)4;;1-5(2,3)4/h1H3,(H,3,4);;(H2,1,2,3,4). The van der Waals surface area contributed by atoms with Crippen LogP contribution in [0.5, 0.6) is 0 Å². The summed E-state index contributed by atoms with van der Waals surface area (Å²) in [6, 6.07) is 0. The Labute approximate surface area is 68.3 Å². The molecule has 63 valence electrons. The summed E-state index contributed by atoms with van der Waals surface area (Å²) in [4.78, 5) is 9.00. The molecule has 0 aromatic rings. The van der Waals surface area contributed by atoms with E-state index >= 15 is 0 Å². The molecule has 0 rings (SSSR count). The minimum absolute atomic E-state index is 0. The van der Waals surface area contributed by atoms with Gasteiger partial charge in [-0.25, -0.2) is 0 Å². The molecule has 0 saturated heterocycles. The smallest absolute Gasteiger partial charge is 0.394 e. The van der Waals surface area contributed by atoms with Gasteiger partial charge in [-0.1, -0.05) is 0 Å². The zero-order valence-corrected chi connectivity index (χ0v) is 6.85. The molecule has 0 saturated carbocycles. The van der Waals surface area contributed by atoms with Crippen LogP contribution < -0.4 is 0 Å². The van der Waals surface area contributed by atoms with Gasteiger partial charge in [0.15, 0.2) is 0 Å². The first-order valence-corrected chi connectivity index (χ1v) is 3.02. The zero-order chi connectivity index (χ0) is 8.08. The SMILES string of the molecule is CC(=O)O.O=S(=O)(O)O.[Mn]. The summed E-state index contributed by atoms with van der Waals surface area (Å²) in [6.45, 7) is 1.08. The average molecular weight is 213 g/mol. The Morgan fingerprint density at radius 3 is 1.30 bits per heavy atom. The summed E-state index contributed by atoms with van der Waals surface area (Å²) in [5, 5.41) is 7.42. The summed E-state index contributed by atoms with van der Waals surface area (Å²) in [7, 11) is -4.67. The Hall–Kier alpha value is -0.141. The minimum atomic E-state index is -4.67. The van der Waals surface area contributed by atoms with Gasteiger partial charge in [0.1, 0.15) is 0 Å². The third-order valence-corrected chi connectivity index (χ3v) is 0. The molecular formula is C2H6MnO6S. The van der Waals surface area contributed by atoms with Gasteiger partial charge in [0.25, 0.3) is 5.97 Å². The molecule has 0 unspecified atom stereocenters. The van der Waals surface area contributed by atoms with Gasteiger partial charge in [0, 0.05) is 24.0 Å². The fraction of sp³-hybridized carbons (Fsp3) is 0.500. The second-order valence-electron chi connectivity index (χ2n) is 0.967. The molecule has 3 N–H and O–H groups in total. The molecule has 0 aliphatic rings. The molecule has 0 spiro atoms. The van der Waals surface area contributed by atoms with Gasteiger partial charge < -0.3 is 5.11 Å². The maximum atomic E-state index is 9.00. The number of hydrogen-bond acceptors (Lipinski definition) is 3. The van der Waals surface area contributed by atoms with Crippen molar-refractivity contribution < 1.29 is 44.5 Å². The van der Waals surface area contributed by atoms with E-state index in [1.54, 1.807) is 0 Å². The van der Waals surface area contributed by atoms with E-state index in [-0.39, 0.29) is 17.1 Å². The number of carbonyl (C=O) groups is 1. The van der Waals surface area contributed by atoms with E-state index in [1.165, 1.54) is 0 Å². The van der Waals surface area contributed by atoms with Gasteiger partial charge in [-0.15, -0.1) is 0 Å². The first-order valence-electron chi connectivity index (χ1n) is 1.63. The van der Waals surface area contributed by atoms with Crippen LogP contribution in [0.15, 0.2) is 0 Å². The van der Waals surface area contributed by atoms with Crippen LogP contribution in [0.2, 0.25) is 0 Å². The Morgan fingerprint density at radius 1 is 1.30 bits per heavy atom. The Bertz CT molecular complexity index is 158. The summed E-state index contributed by atoms with van der Waals surface area (Å²) < 4.78 is 31.6. The third-order valence-electron chi connectivity index (χ3n) is 0. The molecule has 8 heteroatoms. The molecule has 0 atom stereocenters. The number of carboxylic acid groups (broad SMARTS) is 1. The van der Waals surface area contributed by atoms with Crippen LogP contribution in [0.1, 0.15) is 6.92 Å². The van der Waals surface area contributed by atoms with Crippen molar-refractivity contribution in [2.24, 2.45) is 0 Å². The van der Waals surface area contributed by atoms with E-state index in [0.29, 0.717) is 0 Å². The Morgan fingerprint density at radius 2 is 1.30 bits per heavy atom. The quantitative estimate of drug-likeness (QED) is 0.367. The molecule has 0 aromatic heterocycles. The summed E-state index contributed by atoms with van der Waals surface area (Å²) in [6.07, 6.45) is 0. The third kappa shape index (κ3) is 18700. The van der Waals surface area contributed by atoms with Crippen LogP contribution in [-0.2, 0) is 32.3 Å². The molecular weight excluding hydrogens is 207 g/mol. The number of aliphatic carboxylic acids is 1. The molecule has 0 heterocycles. The fourth-order valence-corrected chi connectivity index (χ4v) is 0. The van der Waals surface area contributed by atoms with Gasteiger partial charge in [0.2, 0.25) is 0 Å². The van der Waals surface area contributed by atoms with Crippen LogP contribution in [0.4, 0.5) is 0 Å². The normalized spacial score (nSPS) is 8.30. The van der Waals surface area contributed by atoms with Crippen LogP contribution in [0, 0.1) is 0 Å². The van der Waals surface area contributed by atoms with E-state index in [9.17, 15) is 0 Å². The Kier molecular flexibility index (Phi) is 11.5. The van der Waals surface area contributed by atoms with E-state index in [1.807, 2.05) is 0 Å².